The lowest BCUT2D eigenvalue weighted by atomic mass is 9.97. The van der Waals surface area contributed by atoms with Crippen LogP contribution in [-0.4, -0.2) is 42.0 Å². The van der Waals surface area contributed by atoms with E-state index in [0.29, 0.717) is 29.6 Å². The highest BCUT2D eigenvalue weighted by Crippen LogP contribution is 2.31. The molecule has 1 saturated heterocycles. The molecule has 0 radical (unpaired) electrons. The number of para-hydroxylation sites is 1. The highest BCUT2D eigenvalue weighted by atomic mass is 16.5. The number of hydrogen-bond acceptors (Lipinski definition) is 6. The first kappa shape index (κ1) is 22.4. The summed E-state index contributed by atoms with van der Waals surface area (Å²) >= 11 is 0. The zero-order valence-electron chi connectivity index (χ0n) is 19.2. The Kier molecular flexibility index (Phi) is 6.81. The summed E-state index contributed by atoms with van der Waals surface area (Å²) in [7, 11) is 3.27. The number of H-pyrrole nitrogens is 1. The number of aromatic nitrogens is 3. The maximum atomic E-state index is 12.9. The molecule has 1 fully saturated rings. The number of nitrogens with zero attached hydrogens (tertiary/aromatic N) is 2. The molecule has 8 nitrogen and oxygen atoms in total. The number of rotatable bonds is 8. The van der Waals surface area contributed by atoms with Crippen molar-refractivity contribution in [3.63, 3.8) is 0 Å². The minimum absolute atomic E-state index is 0.0926. The molecule has 0 bridgehead atoms. The zero-order valence-corrected chi connectivity index (χ0v) is 19.2. The molecule has 0 amide bonds. The number of aromatic amines is 1. The van der Waals surface area contributed by atoms with Crippen molar-refractivity contribution in [2.45, 2.75) is 45.2 Å². The summed E-state index contributed by atoms with van der Waals surface area (Å²) in [5.41, 5.74) is 3.32. The number of hydrogen-bond donors (Lipinski definition) is 2. The van der Waals surface area contributed by atoms with Crippen LogP contribution in [0.4, 0.5) is 0 Å². The van der Waals surface area contributed by atoms with Crippen molar-refractivity contribution in [3.05, 3.63) is 57.6 Å². The van der Waals surface area contributed by atoms with Gasteiger partial charge in [-0.1, -0.05) is 26.0 Å². The minimum Gasteiger partial charge on any atom is -0.493 e. The lowest BCUT2D eigenvalue weighted by Gasteiger charge is -2.23. The van der Waals surface area contributed by atoms with E-state index >= 15 is 0 Å². The summed E-state index contributed by atoms with van der Waals surface area (Å²) in [6.45, 7) is 6.30. The van der Waals surface area contributed by atoms with E-state index in [9.17, 15) is 4.79 Å². The molecule has 1 aliphatic heterocycles. The van der Waals surface area contributed by atoms with Crippen LogP contribution in [0.25, 0.3) is 5.65 Å². The molecule has 172 valence electrons. The molecule has 1 unspecified atom stereocenters. The third kappa shape index (κ3) is 4.52. The van der Waals surface area contributed by atoms with E-state index in [1.54, 1.807) is 20.3 Å². The molecule has 2 N–H and O–H groups in total. The van der Waals surface area contributed by atoms with Crippen LogP contribution >= 0.6 is 0 Å². The summed E-state index contributed by atoms with van der Waals surface area (Å²) in [5, 5.41) is 6.82. The summed E-state index contributed by atoms with van der Waals surface area (Å²) in [4.78, 5) is 17.7. The standard InChI is InChI=1S/C24H32N4O4/c1-15(2)23(25-14-17-6-5-7-20(30-3)24(17)31-4)19-13-22(29)28-21(26-19)12-18(27-28)16-8-10-32-11-9-16/h5-7,12-13,15-16,23,25,27H,8-11,14H2,1-4H3. The number of fused-ring (bicyclic) bond motifs is 1. The van der Waals surface area contributed by atoms with Crippen LogP contribution in [0.5, 0.6) is 11.5 Å². The molecular formula is C24H32N4O4. The van der Waals surface area contributed by atoms with Crippen molar-refractivity contribution in [3.8, 4) is 11.5 Å². The van der Waals surface area contributed by atoms with E-state index in [-0.39, 0.29) is 17.5 Å². The van der Waals surface area contributed by atoms with Gasteiger partial charge in [0.15, 0.2) is 17.1 Å². The third-order valence-corrected chi connectivity index (χ3v) is 6.13. The summed E-state index contributed by atoms with van der Waals surface area (Å²) < 4.78 is 18.0. The average Bonchev–Trinajstić information content (AvgIpc) is 3.24. The molecule has 1 aromatic carbocycles. The second-order valence-electron chi connectivity index (χ2n) is 8.57. The summed E-state index contributed by atoms with van der Waals surface area (Å²) in [5.74, 6) is 2.00. The van der Waals surface area contributed by atoms with Crippen LogP contribution in [0, 0.1) is 5.92 Å². The van der Waals surface area contributed by atoms with E-state index in [2.05, 4.69) is 24.3 Å². The van der Waals surface area contributed by atoms with Gasteiger partial charge in [-0.3, -0.25) is 9.89 Å². The predicted octanol–water partition coefficient (Wildman–Crippen LogP) is 3.42. The van der Waals surface area contributed by atoms with E-state index in [1.165, 1.54) is 4.52 Å². The van der Waals surface area contributed by atoms with E-state index in [4.69, 9.17) is 19.2 Å². The quantitative estimate of drug-likeness (QED) is 0.558. The Morgan fingerprint density at radius 3 is 2.69 bits per heavy atom. The second kappa shape index (κ2) is 9.75. The fraction of sp³-hybridized carbons (Fsp3) is 0.500. The maximum Gasteiger partial charge on any atom is 0.272 e. The Morgan fingerprint density at radius 1 is 1.22 bits per heavy atom. The molecule has 32 heavy (non-hydrogen) atoms. The molecule has 2 aromatic heterocycles. The summed E-state index contributed by atoms with van der Waals surface area (Å²) in [6.07, 6.45) is 1.90. The molecule has 1 aliphatic rings. The van der Waals surface area contributed by atoms with Crippen molar-refractivity contribution in [2.75, 3.05) is 27.4 Å². The Morgan fingerprint density at radius 2 is 2.00 bits per heavy atom. The van der Waals surface area contributed by atoms with Crippen LogP contribution in [0.2, 0.25) is 0 Å². The number of nitrogens with one attached hydrogen (secondary N) is 2. The highest BCUT2D eigenvalue weighted by Gasteiger charge is 2.22. The molecule has 3 heterocycles. The van der Waals surface area contributed by atoms with Crippen molar-refractivity contribution in [2.24, 2.45) is 5.92 Å². The van der Waals surface area contributed by atoms with Crippen LogP contribution < -0.4 is 20.3 Å². The Labute approximate surface area is 187 Å². The molecule has 3 aromatic rings. The molecule has 0 aliphatic carbocycles. The van der Waals surface area contributed by atoms with Crippen molar-refractivity contribution in [1.82, 2.24) is 19.9 Å². The van der Waals surface area contributed by atoms with Gasteiger partial charge in [0, 0.05) is 49.1 Å². The van der Waals surface area contributed by atoms with Crippen molar-refractivity contribution >= 4 is 5.65 Å². The Bertz CT molecular complexity index is 1110. The van der Waals surface area contributed by atoms with Gasteiger partial charge >= 0.3 is 0 Å². The lowest BCUT2D eigenvalue weighted by molar-refractivity contribution is 0.0844. The number of benzene rings is 1. The highest BCUT2D eigenvalue weighted by molar-refractivity contribution is 5.46. The SMILES string of the molecule is COc1cccc(CNC(c2cc(=O)n3[nH]c(C4CCOCC4)cc3n2)C(C)C)c1OC. The molecule has 0 spiro atoms. The zero-order chi connectivity index (χ0) is 22.7. The molecule has 8 heteroatoms. The predicted molar refractivity (Wildman–Crippen MR) is 123 cm³/mol. The van der Waals surface area contributed by atoms with Crippen LogP contribution in [0.1, 0.15) is 55.6 Å². The van der Waals surface area contributed by atoms with Gasteiger partial charge in [0.2, 0.25) is 0 Å². The van der Waals surface area contributed by atoms with E-state index < -0.39 is 0 Å². The van der Waals surface area contributed by atoms with Gasteiger partial charge in [-0.2, -0.15) is 0 Å². The number of methoxy groups -OCH3 is 2. The molecule has 4 rings (SSSR count). The van der Waals surface area contributed by atoms with Gasteiger partial charge in [0.05, 0.1) is 26.0 Å². The fourth-order valence-electron chi connectivity index (χ4n) is 4.40. The second-order valence-corrected chi connectivity index (χ2v) is 8.57. The van der Waals surface area contributed by atoms with Crippen molar-refractivity contribution < 1.29 is 14.2 Å². The van der Waals surface area contributed by atoms with Crippen molar-refractivity contribution in [1.29, 1.82) is 0 Å². The van der Waals surface area contributed by atoms with Crippen LogP contribution in [0.3, 0.4) is 0 Å². The van der Waals surface area contributed by atoms with Gasteiger partial charge in [0.1, 0.15) is 0 Å². The lowest BCUT2D eigenvalue weighted by Crippen LogP contribution is -2.28. The minimum atomic E-state index is -0.102. The van der Waals surface area contributed by atoms with E-state index in [1.807, 2.05) is 24.3 Å². The first-order chi connectivity index (χ1) is 15.5. The van der Waals surface area contributed by atoms with Gasteiger partial charge in [-0.25, -0.2) is 9.50 Å². The van der Waals surface area contributed by atoms with Gasteiger partial charge < -0.3 is 19.5 Å². The first-order valence-electron chi connectivity index (χ1n) is 11.2. The van der Waals surface area contributed by atoms with Crippen LogP contribution in [-0.2, 0) is 11.3 Å². The number of ether oxygens (including phenoxy) is 3. The Hall–Kier alpha value is -2.84. The first-order valence-corrected chi connectivity index (χ1v) is 11.2. The summed E-state index contributed by atoms with van der Waals surface area (Å²) in [6, 6.07) is 9.35. The molecule has 1 atom stereocenters. The Balaban J connectivity index is 1.61. The third-order valence-electron chi connectivity index (χ3n) is 6.13. The average molecular weight is 441 g/mol. The largest absolute Gasteiger partial charge is 0.493 e. The van der Waals surface area contributed by atoms with Gasteiger partial charge in [-0.05, 0) is 24.8 Å². The van der Waals surface area contributed by atoms with Crippen LogP contribution in [0.15, 0.2) is 35.1 Å². The topological polar surface area (TPSA) is 89.9 Å². The fourth-order valence-corrected chi connectivity index (χ4v) is 4.40. The van der Waals surface area contributed by atoms with Gasteiger partial charge in [0.25, 0.3) is 5.56 Å². The maximum absolute atomic E-state index is 12.9. The normalized spacial score (nSPS) is 15.9. The van der Waals surface area contributed by atoms with E-state index in [0.717, 1.165) is 43.0 Å². The smallest absolute Gasteiger partial charge is 0.272 e. The molecular weight excluding hydrogens is 408 g/mol. The van der Waals surface area contributed by atoms with Gasteiger partial charge in [-0.15, -0.1) is 0 Å². The monoisotopic (exact) mass is 440 g/mol. The molecule has 0 saturated carbocycles.